The summed E-state index contributed by atoms with van der Waals surface area (Å²) in [6.45, 7) is 3.47. The molecule has 0 spiro atoms. The number of carbonyl (C=O) groups excluding carboxylic acids is 2. The van der Waals surface area contributed by atoms with Crippen molar-refractivity contribution in [1.29, 1.82) is 0 Å². The molecule has 0 radical (unpaired) electrons. The van der Waals surface area contributed by atoms with Crippen LogP contribution in [0.2, 0.25) is 0 Å². The van der Waals surface area contributed by atoms with Crippen molar-refractivity contribution in [2.45, 2.75) is 58.4 Å². The predicted molar refractivity (Wildman–Crippen MR) is 91.1 cm³/mol. The van der Waals surface area contributed by atoms with Crippen LogP contribution >= 0.6 is 0 Å². The highest BCUT2D eigenvalue weighted by Gasteiger charge is 2.23. The maximum absolute atomic E-state index is 12.3. The van der Waals surface area contributed by atoms with E-state index in [1.165, 1.54) is 17.5 Å². The zero-order chi connectivity index (χ0) is 17.7. The summed E-state index contributed by atoms with van der Waals surface area (Å²) in [5.74, 6) is -1.74. The minimum atomic E-state index is -1.06. The summed E-state index contributed by atoms with van der Waals surface area (Å²) in [5, 5.41) is 11.6. The molecular formula is C19H25NO4. The summed E-state index contributed by atoms with van der Waals surface area (Å²) in [4.78, 5) is 35.3. The SMILES string of the molecule is CC(C)[C@H](NC(=O)CCC(=O)c1ccc2c(c1)CCCC2)C(=O)O. The summed E-state index contributed by atoms with van der Waals surface area (Å²) >= 11 is 0. The molecule has 1 aromatic carbocycles. The molecule has 0 unspecified atom stereocenters. The first kappa shape index (κ1) is 18.2. The van der Waals surface area contributed by atoms with E-state index in [0.717, 1.165) is 19.3 Å². The smallest absolute Gasteiger partial charge is 0.326 e. The molecule has 0 bridgehead atoms. The Morgan fingerprint density at radius 3 is 2.38 bits per heavy atom. The molecule has 130 valence electrons. The molecule has 5 heteroatoms. The molecule has 0 fully saturated rings. The maximum Gasteiger partial charge on any atom is 0.326 e. The first-order chi connectivity index (χ1) is 11.4. The number of fused-ring (bicyclic) bond motifs is 1. The van der Waals surface area contributed by atoms with E-state index in [2.05, 4.69) is 5.32 Å². The third-order valence-electron chi connectivity index (χ3n) is 4.50. The lowest BCUT2D eigenvalue weighted by Gasteiger charge is -2.18. The van der Waals surface area contributed by atoms with Crippen LogP contribution in [0.5, 0.6) is 0 Å². The van der Waals surface area contributed by atoms with Crippen LogP contribution in [0, 0.1) is 5.92 Å². The fourth-order valence-corrected chi connectivity index (χ4v) is 3.04. The normalized spacial score (nSPS) is 14.8. The number of Topliss-reactive ketones (excluding diaryl/α,β-unsaturated/α-hetero) is 1. The highest BCUT2D eigenvalue weighted by Crippen LogP contribution is 2.23. The molecule has 1 atom stereocenters. The fourth-order valence-electron chi connectivity index (χ4n) is 3.04. The van der Waals surface area contributed by atoms with Crippen LogP contribution < -0.4 is 5.32 Å². The van der Waals surface area contributed by atoms with Crippen molar-refractivity contribution in [2.24, 2.45) is 5.92 Å². The zero-order valence-electron chi connectivity index (χ0n) is 14.3. The number of amides is 1. The molecule has 1 aliphatic carbocycles. The Kier molecular flexibility index (Phi) is 6.12. The molecule has 0 saturated carbocycles. The Morgan fingerprint density at radius 2 is 1.75 bits per heavy atom. The van der Waals surface area contributed by atoms with Gasteiger partial charge in [-0.15, -0.1) is 0 Å². The van der Waals surface area contributed by atoms with Gasteiger partial charge in [0.2, 0.25) is 5.91 Å². The van der Waals surface area contributed by atoms with Gasteiger partial charge in [-0.05, 0) is 48.8 Å². The first-order valence-electron chi connectivity index (χ1n) is 8.55. The standard InChI is InChI=1S/C19H25NO4/c1-12(2)18(19(23)24)20-17(22)10-9-16(21)15-8-7-13-5-3-4-6-14(13)11-15/h7-8,11-12,18H,3-6,9-10H2,1-2H3,(H,20,22)(H,23,24)/t18-/m0/s1. The zero-order valence-corrected chi connectivity index (χ0v) is 14.3. The molecule has 1 aliphatic rings. The molecule has 0 heterocycles. The molecule has 5 nitrogen and oxygen atoms in total. The molecule has 2 rings (SSSR count). The van der Waals surface area contributed by atoms with Gasteiger partial charge in [0, 0.05) is 18.4 Å². The summed E-state index contributed by atoms with van der Waals surface area (Å²) < 4.78 is 0. The van der Waals surface area contributed by atoms with Crippen molar-refractivity contribution in [3.63, 3.8) is 0 Å². The minimum Gasteiger partial charge on any atom is -0.480 e. The van der Waals surface area contributed by atoms with Crippen molar-refractivity contribution in [3.8, 4) is 0 Å². The molecule has 0 aliphatic heterocycles. The van der Waals surface area contributed by atoms with Gasteiger partial charge in [0.1, 0.15) is 6.04 Å². The van der Waals surface area contributed by atoms with Crippen LogP contribution in [0.4, 0.5) is 0 Å². The van der Waals surface area contributed by atoms with Crippen molar-refractivity contribution in [2.75, 3.05) is 0 Å². The van der Waals surface area contributed by atoms with Crippen molar-refractivity contribution in [3.05, 3.63) is 34.9 Å². The van der Waals surface area contributed by atoms with Gasteiger partial charge in [0.05, 0.1) is 0 Å². The maximum atomic E-state index is 12.3. The van der Waals surface area contributed by atoms with Crippen LogP contribution in [-0.2, 0) is 22.4 Å². The van der Waals surface area contributed by atoms with E-state index >= 15 is 0 Å². The topological polar surface area (TPSA) is 83.5 Å². The second-order valence-corrected chi connectivity index (χ2v) is 6.74. The van der Waals surface area contributed by atoms with E-state index in [1.54, 1.807) is 13.8 Å². The van der Waals surface area contributed by atoms with Crippen LogP contribution in [0.3, 0.4) is 0 Å². The largest absolute Gasteiger partial charge is 0.480 e. The van der Waals surface area contributed by atoms with E-state index in [-0.39, 0.29) is 24.5 Å². The van der Waals surface area contributed by atoms with E-state index in [0.29, 0.717) is 5.56 Å². The second-order valence-electron chi connectivity index (χ2n) is 6.74. The van der Waals surface area contributed by atoms with Gasteiger partial charge >= 0.3 is 5.97 Å². The third kappa shape index (κ3) is 4.66. The van der Waals surface area contributed by atoms with Crippen molar-refractivity contribution >= 4 is 17.7 Å². The number of hydrogen-bond donors (Lipinski definition) is 2. The second kappa shape index (κ2) is 8.08. The van der Waals surface area contributed by atoms with Crippen LogP contribution in [0.25, 0.3) is 0 Å². The number of hydrogen-bond acceptors (Lipinski definition) is 3. The predicted octanol–water partition coefficient (Wildman–Crippen LogP) is 2.75. The lowest BCUT2D eigenvalue weighted by molar-refractivity contribution is -0.143. The molecule has 1 amide bonds. The number of nitrogens with one attached hydrogen (secondary N) is 1. The van der Waals surface area contributed by atoms with Crippen molar-refractivity contribution < 1.29 is 19.5 Å². The van der Waals surface area contributed by atoms with Gasteiger partial charge in [-0.1, -0.05) is 26.0 Å². The molecule has 0 aromatic heterocycles. The van der Waals surface area contributed by atoms with Crippen molar-refractivity contribution in [1.82, 2.24) is 5.32 Å². The van der Waals surface area contributed by atoms with Gasteiger partial charge in [0.15, 0.2) is 5.78 Å². The Morgan fingerprint density at radius 1 is 1.08 bits per heavy atom. The molecule has 0 saturated heterocycles. The number of benzene rings is 1. The summed E-state index contributed by atoms with van der Waals surface area (Å²) in [6.07, 6.45) is 4.52. The van der Waals surface area contributed by atoms with Gasteiger partial charge in [0.25, 0.3) is 0 Å². The van der Waals surface area contributed by atoms with Crippen LogP contribution in [-0.4, -0.2) is 28.8 Å². The first-order valence-corrected chi connectivity index (χ1v) is 8.55. The Hall–Kier alpha value is -2.17. The lowest BCUT2D eigenvalue weighted by Crippen LogP contribution is -2.44. The number of aryl methyl sites for hydroxylation is 2. The third-order valence-corrected chi connectivity index (χ3v) is 4.50. The number of aliphatic carboxylic acids is 1. The molecular weight excluding hydrogens is 306 g/mol. The Labute approximate surface area is 142 Å². The number of carbonyl (C=O) groups is 3. The monoisotopic (exact) mass is 331 g/mol. The van der Waals surface area contributed by atoms with E-state index < -0.39 is 17.9 Å². The van der Waals surface area contributed by atoms with Crippen LogP contribution in [0.15, 0.2) is 18.2 Å². The van der Waals surface area contributed by atoms with Gasteiger partial charge in [-0.25, -0.2) is 4.79 Å². The lowest BCUT2D eigenvalue weighted by atomic mass is 9.89. The number of rotatable bonds is 7. The Bertz CT molecular complexity index is 636. The van der Waals surface area contributed by atoms with Crippen LogP contribution in [0.1, 0.15) is 61.0 Å². The number of carboxylic acids is 1. The molecule has 24 heavy (non-hydrogen) atoms. The molecule has 1 aromatic rings. The Balaban J connectivity index is 1.90. The average molecular weight is 331 g/mol. The minimum absolute atomic E-state index is 0.00637. The number of carboxylic acid groups (broad SMARTS) is 1. The van der Waals surface area contributed by atoms with E-state index in [1.807, 2.05) is 18.2 Å². The molecule has 2 N–H and O–H groups in total. The highest BCUT2D eigenvalue weighted by atomic mass is 16.4. The number of ketones is 1. The summed E-state index contributed by atoms with van der Waals surface area (Å²) in [6, 6.07) is 4.87. The van der Waals surface area contributed by atoms with E-state index in [4.69, 9.17) is 5.11 Å². The van der Waals surface area contributed by atoms with Gasteiger partial charge < -0.3 is 10.4 Å². The summed E-state index contributed by atoms with van der Waals surface area (Å²) in [5.41, 5.74) is 3.20. The average Bonchev–Trinajstić information content (AvgIpc) is 2.56. The summed E-state index contributed by atoms with van der Waals surface area (Å²) in [7, 11) is 0. The highest BCUT2D eigenvalue weighted by molar-refractivity contribution is 5.98. The van der Waals surface area contributed by atoms with E-state index in [9.17, 15) is 14.4 Å². The van der Waals surface area contributed by atoms with Gasteiger partial charge in [-0.2, -0.15) is 0 Å². The van der Waals surface area contributed by atoms with Gasteiger partial charge in [-0.3, -0.25) is 9.59 Å². The quantitative estimate of drug-likeness (QED) is 0.753. The fraction of sp³-hybridized carbons (Fsp3) is 0.526.